The van der Waals surface area contributed by atoms with E-state index in [-0.39, 0.29) is 0 Å². The highest BCUT2D eigenvalue weighted by molar-refractivity contribution is 5.83. The number of nitrogens with zero attached hydrogens (tertiary/aromatic N) is 1. The molecule has 1 aromatic rings. The zero-order valence-electron chi connectivity index (χ0n) is 10.4. The summed E-state index contributed by atoms with van der Waals surface area (Å²) in [5.41, 5.74) is 2.67. The fourth-order valence-electron chi connectivity index (χ4n) is 3.42. The van der Waals surface area contributed by atoms with Crippen LogP contribution in [0.3, 0.4) is 0 Å². The number of ketones is 1. The number of Topliss-reactive ketones (excluding diaryl/α,β-unsaturated/α-hetero) is 1. The molecule has 0 spiro atoms. The molecule has 17 heavy (non-hydrogen) atoms. The van der Waals surface area contributed by atoms with Gasteiger partial charge < -0.3 is 4.90 Å². The summed E-state index contributed by atoms with van der Waals surface area (Å²) < 4.78 is 0. The number of fused-ring (bicyclic) bond motifs is 2. The summed E-state index contributed by atoms with van der Waals surface area (Å²) in [7, 11) is 0. The van der Waals surface area contributed by atoms with Crippen LogP contribution in [0.1, 0.15) is 37.7 Å². The Bertz CT molecular complexity index is 424. The van der Waals surface area contributed by atoms with Gasteiger partial charge in [-0.1, -0.05) is 18.2 Å². The Balaban J connectivity index is 1.97. The monoisotopic (exact) mass is 229 g/mol. The summed E-state index contributed by atoms with van der Waals surface area (Å²) in [5, 5.41) is 0. The minimum absolute atomic E-state index is 0.455. The van der Waals surface area contributed by atoms with Crippen LogP contribution in [-0.4, -0.2) is 17.9 Å². The predicted molar refractivity (Wildman–Crippen MR) is 69.3 cm³/mol. The van der Waals surface area contributed by atoms with Gasteiger partial charge in [0.05, 0.1) is 0 Å². The summed E-state index contributed by atoms with van der Waals surface area (Å²) in [6.45, 7) is 2.17. The van der Waals surface area contributed by atoms with E-state index >= 15 is 0 Å². The van der Waals surface area contributed by atoms with E-state index in [1.165, 1.54) is 30.5 Å². The number of hydrogen-bond donors (Lipinski definition) is 0. The maximum Gasteiger partial charge on any atom is 0.137 e. The molecule has 0 amide bonds. The molecule has 0 aliphatic carbocycles. The Labute approximate surface area is 103 Å². The van der Waals surface area contributed by atoms with Gasteiger partial charge in [0.1, 0.15) is 5.78 Å². The number of benzene rings is 1. The number of carbonyl (C=O) groups excluding carboxylic acids is 1. The minimum atomic E-state index is 0.455. The quantitative estimate of drug-likeness (QED) is 0.737. The molecular weight excluding hydrogens is 210 g/mol. The van der Waals surface area contributed by atoms with Crippen LogP contribution in [0.2, 0.25) is 0 Å². The zero-order valence-corrected chi connectivity index (χ0v) is 10.4. The van der Waals surface area contributed by atoms with Gasteiger partial charge >= 0.3 is 0 Å². The Morgan fingerprint density at radius 3 is 2.41 bits per heavy atom. The fraction of sp³-hybridized carbons (Fsp3) is 0.533. The number of para-hydroxylation sites is 1. The second kappa shape index (κ2) is 4.17. The Morgan fingerprint density at radius 1 is 1.12 bits per heavy atom. The average molecular weight is 229 g/mol. The first-order valence-corrected chi connectivity index (χ1v) is 6.61. The predicted octanol–water partition coefficient (Wildman–Crippen LogP) is 3.09. The van der Waals surface area contributed by atoms with Crippen LogP contribution in [0.25, 0.3) is 0 Å². The van der Waals surface area contributed by atoms with Crippen LogP contribution >= 0.6 is 0 Å². The molecule has 2 saturated heterocycles. The molecule has 2 aliphatic rings. The van der Waals surface area contributed by atoms with E-state index in [2.05, 4.69) is 36.1 Å². The summed E-state index contributed by atoms with van der Waals surface area (Å²) in [5.74, 6) is 0.463. The maximum absolute atomic E-state index is 11.7. The molecule has 0 N–H and O–H groups in total. The maximum atomic E-state index is 11.7. The van der Waals surface area contributed by atoms with Crippen molar-refractivity contribution in [2.75, 3.05) is 4.90 Å². The van der Waals surface area contributed by atoms with E-state index in [4.69, 9.17) is 0 Å². The van der Waals surface area contributed by atoms with Gasteiger partial charge in [0, 0.05) is 30.6 Å². The molecule has 2 fully saturated rings. The minimum Gasteiger partial charge on any atom is -0.364 e. The number of hydrogen-bond acceptors (Lipinski definition) is 2. The van der Waals surface area contributed by atoms with Crippen molar-refractivity contribution in [2.24, 2.45) is 0 Å². The number of carbonyl (C=O) groups is 1. The standard InChI is InChI=1S/C15H19NO/c1-11-5-2-3-8-15(11)16-12-6-4-7-13(16)10-14(17)9-12/h2-3,5,8,12-13H,4,6-7,9-10H2,1H3. The van der Waals surface area contributed by atoms with Crippen molar-refractivity contribution < 1.29 is 4.79 Å². The first-order valence-electron chi connectivity index (χ1n) is 6.61. The number of anilines is 1. The topological polar surface area (TPSA) is 20.3 Å². The van der Waals surface area contributed by atoms with Crippen LogP contribution in [-0.2, 0) is 4.79 Å². The molecule has 3 rings (SSSR count). The average Bonchev–Trinajstić information content (AvgIpc) is 2.29. The molecule has 2 nitrogen and oxygen atoms in total. The summed E-state index contributed by atoms with van der Waals surface area (Å²) in [6.07, 6.45) is 5.15. The van der Waals surface area contributed by atoms with Crippen LogP contribution in [0.15, 0.2) is 24.3 Å². The smallest absolute Gasteiger partial charge is 0.137 e. The molecule has 2 atom stereocenters. The third kappa shape index (κ3) is 1.86. The first-order chi connectivity index (χ1) is 8.25. The number of piperidine rings is 2. The van der Waals surface area contributed by atoms with Crippen LogP contribution < -0.4 is 4.90 Å². The molecular formula is C15H19NO. The summed E-state index contributed by atoms with van der Waals surface area (Å²) >= 11 is 0. The Kier molecular flexibility index (Phi) is 2.65. The fourth-order valence-corrected chi connectivity index (χ4v) is 3.42. The molecule has 0 saturated carbocycles. The molecule has 2 aliphatic heterocycles. The van der Waals surface area contributed by atoms with Gasteiger partial charge in [0.2, 0.25) is 0 Å². The lowest BCUT2D eigenvalue weighted by Crippen LogP contribution is -2.52. The number of rotatable bonds is 1. The van der Waals surface area contributed by atoms with E-state index < -0.39 is 0 Å². The largest absolute Gasteiger partial charge is 0.364 e. The Morgan fingerprint density at radius 2 is 1.76 bits per heavy atom. The van der Waals surface area contributed by atoms with Crippen molar-refractivity contribution in [3.05, 3.63) is 29.8 Å². The molecule has 2 heterocycles. The highest BCUT2D eigenvalue weighted by Gasteiger charge is 2.37. The van der Waals surface area contributed by atoms with Crippen LogP contribution in [0.4, 0.5) is 5.69 Å². The first kappa shape index (κ1) is 10.8. The van der Waals surface area contributed by atoms with Crippen LogP contribution in [0, 0.1) is 6.92 Å². The van der Waals surface area contributed by atoms with Gasteiger partial charge in [-0.25, -0.2) is 0 Å². The SMILES string of the molecule is Cc1ccccc1N1C2CCCC1CC(=O)C2. The van der Waals surface area contributed by atoms with Crippen molar-refractivity contribution >= 4 is 11.5 Å². The van der Waals surface area contributed by atoms with Crippen molar-refractivity contribution in [1.29, 1.82) is 0 Å². The molecule has 90 valence electrons. The number of aryl methyl sites for hydroxylation is 1. The zero-order chi connectivity index (χ0) is 11.8. The van der Waals surface area contributed by atoms with E-state index in [9.17, 15) is 4.79 Å². The normalized spacial score (nSPS) is 28.3. The Hall–Kier alpha value is -1.31. The summed E-state index contributed by atoms with van der Waals surface area (Å²) in [6, 6.07) is 9.48. The van der Waals surface area contributed by atoms with Gasteiger partial charge in [0.15, 0.2) is 0 Å². The molecule has 1 aromatic carbocycles. The van der Waals surface area contributed by atoms with Crippen molar-refractivity contribution in [3.8, 4) is 0 Å². The molecule has 2 bridgehead atoms. The third-order valence-electron chi connectivity index (χ3n) is 4.18. The highest BCUT2D eigenvalue weighted by atomic mass is 16.1. The molecule has 0 radical (unpaired) electrons. The molecule has 0 aromatic heterocycles. The van der Waals surface area contributed by atoms with Gasteiger partial charge in [0.25, 0.3) is 0 Å². The molecule has 2 unspecified atom stereocenters. The van der Waals surface area contributed by atoms with Crippen molar-refractivity contribution in [2.45, 2.75) is 51.1 Å². The van der Waals surface area contributed by atoms with E-state index in [1.807, 2.05) is 0 Å². The summed E-state index contributed by atoms with van der Waals surface area (Å²) in [4.78, 5) is 14.2. The second-order valence-electron chi connectivity index (χ2n) is 5.38. The third-order valence-corrected chi connectivity index (χ3v) is 4.18. The van der Waals surface area contributed by atoms with Gasteiger partial charge in [-0.15, -0.1) is 0 Å². The van der Waals surface area contributed by atoms with E-state index in [1.54, 1.807) is 0 Å². The van der Waals surface area contributed by atoms with E-state index in [0.717, 1.165) is 12.8 Å². The lowest BCUT2D eigenvalue weighted by molar-refractivity contribution is -0.121. The van der Waals surface area contributed by atoms with Gasteiger partial charge in [-0.3, -0.25) is 4.79 Å². The lowest BCUT2D eigenvalue weighted by atomic mass is 9.83. The highest BCUT2D eigenvalue weighted by Crippen LogP contribution is 2.37. The lowest BCUT2D eigenvalue weighted by Gasteiger charge is -2.47. The van der Waals surface area contributed by atoms with Gasteiger partial charge in [-0.05, 0) is 37.8 Å². The van der Waals surface area contributed by atoms with Gasteiger partial charge in [-0.2, -0.15) is 0 Å². The van der Waals surface area contributed by atoms with Crippen LogP contribution in [0.5, 0.6) is 0 Å². The van der Waals surface area contributed by atoms with Crippen molar-refractivity contribution in [3.63, 3.8) is 0 Å². The van der Waals surface area contributed by atoms with Crippen molar-refractivity contribution in [1.82, 2.24) is 0 Å². The molecule has 2 heteroatoms. The van der Waals surface area contributed by atoms with E-state index in [0.29, 0.717) is 17.9 Å². The second-order valence-corrected chi connectivity index (χ2v) is 5.38.